The quantitative estimate of drug-likeness (QED) is 0.591. The van der Waals surface area contributed by atoms with E-state index >= 15 is 0 Å². The largest absolute Gasteiger partial charge is 0.493 e. The number of ether oxygens (including phenoxy) is 2. The van der Waals surface area contributed by atoms with Crippen molar-refractivity contribution in [1.82, 2.24) is 10.2 Å². The molecule has 7 heteroatoms. The number of aromatic nitrogens is 2. The van der Waals surface area contributed by atoms with E-state index < -0.39 is 0 Å². The Hall–Kier alpha value is -2.54. The molecule has 0 spiro atoms. The van der Waals surface area contributed by atoms with Gasteiger partial charge in [0.2, 0.25) is 5.89 Å². The van der Waals surface area contributed by atoms with Gasteiger partial charge in [-0.3, -0.25) is 0 Å². The SMILES string of the molecule is COc1ccc(Cc2nnc(SCc3ccc(F)cc3)o2)cc1OC. The Balaban J connectivity index is 1.62. The average Bonchev–Trinajstić information content (AvgIpc) is 3.08. The van der Waals surface area contributed by atoms with Crippen molar-refractivity contribution in [1.29, 1.82) is 0 Å². The lowest BCUT2D eigenvalue weighted by molar-refractivity contribution is 0.354. The Bertz CT molecular complexity index is 837. The number of rotatable bonds is 7. The highest BCUT2D eigenvalue weighted by atomic mass is 32.2. The molecule has 0 fully saturated rings. The Morgan fingerprint density at radius 3 is 2.40 bits per heavy atom. The smallest absolute Gasteiger partial charge is 0.276 e. The van der Waals surface area contributed by atoms with Crippen molar-refractivity contribution in [2.24, 2.45) is 0 Å². The first-order valence-corrected chi connectivity index (χ1v) is 8.57. The molecule has 0 saturated heterocycles. The Labute approximate surface area is 149 Å². The van der Waals surface area contributed by atoms with Gasteiger partial charge in [0, 0.05) is 5.75 Å². The fourth-order valence-corrected chi connectivity index (χ4v) is 3.00. The highest BCUT2D eigenvalue weighted by Crippen LogP contribution is 2.29. The maximum atomic E-state index is 12.9. The van der Waals surface area contributed by atoms with Crippen molar-refractivity contribution in [3.05, 3.63) is 65.3 Å². The van der Waals surface area contributed by atoms with Crippen LogP contribution in [0.1, 0.15) is 17.0 Å². The van der Waals surface area contributed by atoms with Crippen LogP contribution in [0, 0.1) is 5.82 Å². The molecule has 0 N–H and O–H groups in total. The van der Waals surface area contributed by atoms with Crippen molar-refractivity contribution in [2.45, 2.75) is 17.4 Å². The lowest BCUT2D eigenvalue weighted by atomic mass is 10.1. The van der Waals surface area contributed by atoms with E-state index in [1.54, 1.807) is 26.4 Å². The summed E-state index contributed by atoms with van der Waals surface area (Å²) in [5.74, 6) is 2.24. The van der Waals surface area contributed by atoms with Crippen LogP contribution in [0.25, 0.3) is 0 Å². The minimum Gasteiger partial charge on any atom is -0.493 e. The van der Waals surface area contributed by atoms with Crippen molar-refractivity contribution < 1.29 is 18.3 Å². The molecule has 25 heavy (non-hydrogen) atoms. The molecule has 3 rings (SSSR count). The highest BCUT2D eigenvalue weighted by molar-refractivity contribution is 7.98. The van der Waals surface area contributed by atoms with Crippen molar-refractivity contribution >= 4 is 11.8 Å². The summed E-state index contributed by atoms with van der Waals surface area (Å²) in [6, 6.07) is 12.0. The fourth-order valence-electron chi connectivity index (χ4n) is 2.26. The van der Waals surface area contributed by atoms with Crippen LogP contribution in [-0.2, 0) is 12.2 Å². The molecular formula is C18H17FN2O3S. The second-order valence-corrected chi connectivity index (χ2v) is 6.17. The first-order valence-electron chi connectivity index (χ1n) is 7.58. The molecule has 5 nitrogen and oxygen atoms in total. The van der Waals surface area contributed by atoms with Gasteiger partial charge in [-0.25, -0.2) is 4.39 Å². The predicted octanol–water partition coefficient (Wildman–Crippen LogP) is 4.11. The highest BCUT2D eigenvalue weighted by Gasteiger charge is 2.10. The van der Waals surface area contributed by atoms with Gasteiger partial charge in [-0.1, -0.05) is 30.0 Å². The van der Waals surface area contributed by atoms with Gasteiger partial charge >= 0.3 is 0 Å². The maximum Gasteiger partial charge on any atom is 0.276 e. The van der Waals surface area contributed by atoms with Crippen LogP contribution in [0.4, 0.5) is 4.39 Å². The summed E-state index contributed by atoms with van der Waals surface area (Å²) in [6.45, 7) is 0. The zero-order valence-corrected chi connectivity index (χ0v) is 14.7. The first kappa shape index (κ1) is 17.3. The molecule has 0 atom stereocenters. The van der Waals surface area contributed by atoms with E-state index in [4.69, 9.17) is 13.9 Å². The van der Waals surface area contributed by atoms with E-state index in [9.17, 15) is 4.39 Å². The van der Waals surface area contributed by atoms with Gasteiger partial charge in [0.25, 0.3) is 5.22 Å². The number of hydrogen-bond donors (Lipinski definition) is 0. The van der Waals surface area contributed by atoms with Crippen LogP contribution in [0.15, 0.2) is 52.1 Å². The monoisotopic (exact) mass is 360 g/mol. The summed E-state index contributed by atoms with van der Waals surface area (Å²) < 4.78 is 29.1. The fraction of sp³-hybridized carbons (Fsp3) is 0.222. The van der Waals surface area contributed by atoms with E-state index in [1.807, 2.05) is 18.2 Å². The van der Waals surface area contributed by atoms with E-state index in [0.717, 1.165) is 11.1 Å². The number of hydrogen-bond acceptors (Lipinski definition) is 6. The molecule has 0 radical (unpaired) electrons. The van der Waals surface area contributed by atoms with Crippen molar-refractivity contribution in [3.8, 4) is 11.5 Å². The van der Waals surface area contributed by atoms with E-state index in [2.05, 4.69) is 10.2 Å². The Kier molecular flexibility index (Phi) is 5.55. The predicted molar refractivity (Wildman–Crippen MR) is 92.6 cm³/mol. The third-order valence-corrected chi connectivity index (χ3v) is 4.42. The summed E-state index contributed by atoms with van der Waals surface area (Å²) in [7, 11) is 3.19. The maximum absolute atomic E-state index is 12.9. The van der Waals surface area contributed by atoms with Crippen LogP contribution in [0.2, 0.25) is 0 Å². The van der Waals surface area contributed by atoms with Gasteiger partial charge in [0.1, 0.15) is 5.82 Å². The summed E-state index contributed by atoms with van der Waals surface area (Å²) in [5, 5.41) is 8.59. The average molecular weight is 360 g/mol. The van der Waals surface area contributed by atoms with Crippen LogP contribution in [-0.4, -0.2) is 24.4 Å². The van der Waals surface area contributed by atoms with Crippen LogP contribution in [0.3, 0.4) is 0 Å². The number of halogens is 1. The molecule has 0 saturated carbocycles. The summed E-state index contributed by atoms with van der Waals surface area (Å²) in [6.07, 6.45) is 0.504. The lowest BCUT2D eigenvalue weighted by Crippen LogP contribution is -1.94. The molecule has 0 bridgehead atoms. The molecule has 1 aromatic heterocycles. The molecule has 2 aromatic carbocycles. The number of methoxy groups -OCH3 is 2. The first-order chi connectivity index (χ1) is 12.2. The molecule has 0 aliphatic heterocycles. The standard InChI is InChI=1S/C18H17FN2O3S/c1-22-15-8-5-13(9-16(15)23-2)10-17-20-21-18(24-17)25-11-12-3-6-14(19)7-4-12/h3-9H,10-11H2,1-2H3. The topological polar surface area (TPSA) is 57.4 Å². The Morgan fingerprint density at radius 1 is 0.960 bits per heavy atom. The van der Waals surface area contributed by atoms with Gasteiger partial charge in [-0.05, 0) is 35.4 Å². The number of benzene rings is 2. The molecule has 0 aliphatic carbocycles. The van der Waals surface area contributed by atoms with Gasteiger partial charge < -0.3 is 13.9 Å². The summed E-state index contributed by atoms with van der Waals surface area (Å²) in [5.41, 5.74) is 1.97. The minimum absolute atomic E-state index is 0.247. The third kappa shape index (κ3) is 4.51. The molecule has 0 amide bonds. The molecule has 0 aliphatic rings. The van der Waals surface area contributed by atoms with Gasteiger partial charge in [-0.15, -0.1) is 10.2 Å². The van der Waals surface area contributed by atoms with Crippen LogP contribution >= 0.6 is 11.8 Å². The third-order valence-electron chi connectivity index (χ3n) is 3.53. The molecule has 1 heterocycles. The second kappa shape index (κ2) is 8.02. The summed E-state index contributed by atoms with van der Waals surface area (Å²) >= 11 is 1.42. The normalized spacial score (nSPS) is 10.7. The molecule has 0 unspecified atom stereocenters. The second-order valence-electron chi connectivity index (χ2n) is 5.24. The van der Waals surface area contributed by atoms with E-state index in [0.29, 0.717) is 34.8 Å². The number of thioether (sulfide) groups is 1. The van der Waals surface area contributed by atoms with Gasteiger partial charge in [0.05, 0.1) is 20.6 Å². The zero-order chi connectivity index (χ0) is 17.6. The number of nitrogens with zero attached hydrogens (tertiary/aromatic N) is 2. The minimum atomic E-state index is -0.247. The molecular weight excluding hydrogens is 343 g/mol. The molecule has 130 valence electrons. The zero-order valence-electron chi connectivity index (χ0n) is 13.9. The van der Waals surface area contributed by atoms with Gasteiger partial charge in [0.15, 0.2) is 11.5 Å². The Morgan fingerprint density at radius 2 is 1.68 bits per heavy atom. The van der Waals surface area contributed by atoms with E-state index in [1.165, 1.54) is 23.9 Å². The van der Waals surface area contributed by atoms with Crippen LogP contribution in [0.5, 0.6) is 11.5 Å². The van der Waals surface area contributed by atoms with Gasteiger partial charge in [-0.2, -0.15) is 0 Å². The lowest BCUT2D eigenvalue weighted by Gasteiger charge is -2.08. The van der Waals surface area contributed by atoms with Crippen molar-refractivity contribution in [3.63, 3.8) is 0 Å². The molecule has 3 aromatic rings. The van der Waals surface area contributed by atoms with Crippen LogP contribution < -0.4 is 9.47 Å². The summed E-state index contributed by atoms with van der Waals surface area (Å²) in [4.78, 5) is 0. The van der Waals surface area contributed by atoms with Crippen molar-refractivity contribution in [2.75, 3.05) is 14.2 Å². The van der Waals surface area contributed by atoms with E-state index in [-0.39, 0.29) is 5.82 Å².